The summed E-state index contributed by atoms with van der Waals surface area (Å²) >= 11 is 0. The number of carbonyl (C=O) groups is 1. The van der Waals surface area contributed by atoms with E-state index in [0.29, 0.717) is 0 Å². The summed E-state index contributed by atoms with van der Waals surface area (Å²) in [4.78, 5) is 14.7. The van der Waals surface area contributed by atoms with Crippen molar-refractivity contribution in [3.8, 4) is 0 Å². The van der Waals surface area contributed by atoms with Gasteiger partial charge in [0.25, 0.3) is 0 Å². The van der Waals surface area contributed by atoms with Crippen molar-refractivity contribution >= 4 is 11.8 Å². The molecule has 0 bridgehead atoms. The van der Waals surface area contributed by atoms with Gasteiger partial charge in [0, 0.05) is 37.5 Å². The van der Waals surface area contributed by atoms with Crippen LogP contribution in [0.1, 0.15) is 63.4 Å². The third-order valence-electron chi connectivity index (χ3n) is 6.14. The van der Waals surface area contributed by atoms with Gasteiger partial charge < -0.3 is 9.64 Å². The second-order valence-corrected chi connectivity index (χ2v) is 7.59. The van der Waals surface area contributed by atoms with E-state index in [9.17, 15) is 4.79 Å². The van der Waals surface area contributed by atoms with Crippen molar-refractivity contribution in [2.75, 3.05) is 18.4 Å². The Morgan fingerprint density at radius 3 is 2.42 bits per heavy atom. The van der Waals surface area contributed by atoms with E-state index in [4.69, 9.17) is 4.74 Å². The van der Waals surface area contributed by atoms with E-state index in [0.717, 1.165) is 43.2 Å². The highest BCUT2D eigenvalue weighted by Crippen LogP contribution is 2.44. The number of carbonyl (C=O) groups excluding carboxylic acids is 1. The van der Waals surface area contributed by atoms with Crippen molar-refractivity contribution < 1.29 is 9.53 Å². The van der Waals surface area contributed by atoms with Gasteiger partial charge >= 0.3 is 6.09 Å². The van der Waals surface area contributed by atoms with E-state index in [1.807, 2.05) is 18.2 Å². The lowest BCUT2D eigenvalue weighted by Gasteiger charge is -2.46. The van der Waals surface area contributed by atoms with E-state index < -0.39 is 5.60 Å². The number of benzene rings is 1. The van der Waals surface area contributed by atoms with E-state index in [1.165, 1.54) is 44.9 Å². The van der Waals surface area contributed by atoms with Gasteiger partial charge in [-0.2, -0.15) is 0 Å². The third kappa shape index (κ3) is 3.04. The molecule has 2 heterocycles. The molecule has 1 aliphatic carbocycles. The van der Waals surface area contributed by atoms with Gasteiger partial charge in [-0.1, -0.05) is 50.3 Å². The highest BCUT2D eigenvalue weighted by molar-refractivity contribution is 5.88. The monoisotopic (exact) mass is 328 g/mol. The highest BCUT2D eigenvalue weighted by atomic mass is 16.6. The molecule has 130 valence electrons. The average molecular weight is 328 g/mol. The van der Waals surface area contributed by atoms with E-state index in [-0.39, 0.29) is 6.09 Å². The standard InChI is InChI=1S/C20H28N2O2/c23-19-21-18-11-7-6-10-17(18)20(24-19)12-14-22(15-13-20)16-8-4-2-1-3-5-9-16/h6-7,10-11,16H,1-5,8-9,12-15H2,(H,21,23). The first-order valence-electron chi connectivity index (χ1n) is 9.60. The normalized spacial score (nSPS) is 25.2. The van der Waals surface area contributed by atoms with Crippen LogP contribution in [0.5, 0.6) is 0 Å². The van der Waals surface area contributed by atoms with Crippen LogP contribution in [0.3, 0.4) is 0 Å². The number of hydrogen-bond acceptors (Lipinski definition) is 3. The first-order chi connectivity index (χ1) is 11.8. The van der Waals surface area contributed by atoms with E-state index in [2.05, 4.69) is 16.3 Å². The molecule has 2 fully saturated rings. The van der Waals surface area contributed by atoms with Crippen molar-refractivity contribution in [2.24, 2.45) is 0 Å². The SMILES string of the molecule is O=C1Nc2ccccc2C2(CCN(C3CCCCCCC3)CC2)O1. The molecule has 4 heteroatoms. The summed E-state index contributed by atoms with van der Waals surface area (Å²) in [6, 6.07) is 8.85. The molecule has 0 atom stereocenters. The number of piperidine rings is 1. The first-order valence-corrected chi connectivity index (χ1v) is 9.60. The summed E-state index contributed by atoms with van der Waals surface area (Å²) in [7, 11) is 0. The number of rotatable bonds is 1. The lowest BCUT2D eigenvalue weighted by Crippen LogP contribution is -2.50. The Balaban J connectivity index is 1.48. The smallest absolute Gasteiger partial charge is 0.412 e. The van der Waals surface area contributed by atoms with Gasteiger partial charge in [0.15, 0.2) is 0 Å². The van der Waals surface area contributed by atoms with Crippen LogP contribution >= 0.6 is 0 Å². The van der Waals surface area contributed by atoms with Crippen LogP contribution in [0.2, 0.25) is 0 Å². The van der Waals surface area contributed by atoms with Gasteiger partial charge in [-0.05, 0) is 18.9 Å². The molecule has 1 amide bonds. The Hall–Kier alpha value is -1.55. The van der Waals surface area contributed by atoms with Crippen LogP contribution in [0, 0.1) is 0 Å². The molecule has 3 aliphatic rings. The van der Waals surface area contributed by atoms with Crippen molar-refractivity contribution in [3.05, 3.63) is 29.8 Å². The van der Waals surface area contributed by atoms with Gasteiger partial charge in [-0.15, -0.1) is 0 Å². The molecule has 1 spiro atoms. The number of para-hydroxylation sites is 1. The number of nitrogens with zero attached hydrogens (tertiary/aromatic N) is 1. The van der Waals surface area contributed by atoms with Gasteiger partial charge in [0.1, 0.15) is 5.60 Å². The number of nitrogens with one attached hydrogen (secondary N) is 1. The molecule has 0 radical (unpaired) electrons. The maximum Gasteiger partial charge on any atom is 0.412 e. The van der Waals surface area contributed by atoms with Crippen molar-refractivity contribution in [1.29, 1.82) is 0 Å². The molecule has 4 rings (SSSR count). The van der Waals surface area contributed by atoms with Crippen LogP contribution in [-0.2, 0) is 10.3 Å². The second-order valence-electron chi connectivity index (χ2n) is 7.59. The van der Waals surface area contributed by atoms with Crippen molar-refractivity contribution in [1.82, 2.24) is 4.90 Å². The minimum absolute atomic E-state index is 0.298. The molecule has 4 nitrogen and oxygen atoms in total. The summed E-state index contributed by atoms with van der Waals surface area (Å²) in [5, 5.41) is 2.85. The van der Waals surface area contributed by atoms with Crippen molar-refractivity contribution in [3.63, 3.8) is 0 Å². The lowest BCUT2D eigenvalue weighted by atomic mass is 9.81. The van der Waals surface area contributed by atoms with E-state index in [1.54, 1.807) is 0 Å². The van der Waals surface area contributed by atoms with Crippen LogP contribution in [0.15, 0.2) is 24.3 Å². The fourth-order valence-electron chi connectivity index (χ4n) is 4.78. The zero-order valence-electron chi connectivity index (χ0n) is 14.4. The van der Waals surface area contributed by atoms with Gasteiger partial charge in [0.05, 0.1) is 5.69 Å². The zero-order chi connectivity index (χ0) is 16.4. The summed E-state index contributed by atoms with van der Waals surface area (Å²) in [6.45, 7) is 2.07. The second kappa shape index (κ2) is 6.75. The fourth-order valence-corrected chi connectivity index (χ4v) is 4.78. The number of fused-ring (bicyclic) bond motifs is 2. The summed E-state index contributed by atoms with van der Waals surface area (Å²) < 4.78 is 5.84. The molecule has 2 aliphatic heterocycles. The first kappa shape index (κ1) is 15.9. The fraction of sp³-hybridized carbons (Fsp3) is 0.650. The van der Waals surface area contributed by atoms with Gasteiger partial charge in [-0.25, -0.2) is 4.79 Å². The molecule has 24 heavy (non-hydrogen) atoms. The Labute approximate surface area is 144 Å². The average Bonchev–Trinajstić information content (AvgIpc) is 2.56. The molecule has 0 aromatic heterocycles. The third-order valence-corrected chi connectivity index (χ3v) is 6.14. The molecule has 1 N–H and O–H groups in total. The molecule has 1 saturated heterocycles. The molecular formula is C20H28N2O2. The van der Waals surface area contributed by atoms with Crippen LogP contribution in [0.4, 0.5) is 10.5 Å². The molecule has 1 aromatic carbocycles. The number of anilines is 1. The number of hydrogen-bond donors (Lipinski definition) is 1. The van der Waals surface area contributed by atoms with Crippen LogP contribution in [-0.4, -0.2) is 30.1 Å². The van der Waals surface area contributed by atoms with Crippen LogP contribution in [0.25, 0.3) is 0 Å². The van der Waals surface area contributed by atoms with Crippen molar-refractivity contribution in [2.45, 2.75) is 69.4 Å². The predicted octanol–water partition coefficient (Wildman–Crippen LogP) is 4.65. The summed E-state index contributed by atoms with van der Waals surface area (Å²) in [6.07, 6.45) is 11.1. The highest BCUT2D eigenvalue weighted by Gasteiger charge is 2.44. The minimum atomic E-state index is -0.420. The topological polar surface area (TPSA) is 41.6 Å². The van der Waals surface area contributed by atoms with E-state index >= 15 is 0 Å². The molecular weight excluding hydrogens is 300 g/mol. The quantitative estimate of drug-likeness (QED) is 0.815. The van der Waals surface area contributed by atoms with Gasteiger partial charge in [-0.3, -0.25) is 5.32 Å². The lowest BCUT2D eigenvalue weighted by molar-refractivity contribution is -0.0476. The minimum Gasteiger partial charge on any atom is -0.438 e. The Bertz CT molecular complexity index is 585. The van der Waals surface area contributed by atoms with Crippen LogP contribution < -0.4 is 5.32 Å². The molecule has 0 unspecified atom stereocenters. The maximum atomic E-state index is 12.0. The Morgan fingerprint density at radius 2 is 1.67 bits per heavy atom. The predicted molar refractivity (Wildman–Crippen MR) is 95.1 cm³/mol. The number of amides is 1. The molecule has 1 aromatic rings. The number of ether oxygens (including phenoxy) is 1. The number of likely N-dealkylation sites (tertiary alicyclic amines) is 1. The zero-order valence-corrected chi connectivity index (χ0v) is 14.4. The maximum absolute atomic E-state index is 12.0. The summed E-state index contributed by atoms with van der Waals surface area (Å²) in [5.41, 5.74) is 1.66. The Morgan fingerprint density at radius 1 is 1.00 bits per heavy atom. The summed E-state index contributed by atoms with van der Waals surface area (Å²) in [5.74, 6) is 0. The largest absolute Gasteiger partial charge is 0.438 e. The Kier molecular flexibility index (Phi) is 4.49. The van der Waals surface area contributed by atoms with Gasteiger partial charge in [0.2, 0.25) is 0 Å². The molecule has 1 saturated carbocycles.